The topological polar surface area (TPSA) is 101 Å². The Labute approximate surface area is 154 Å². The zero-order valence-electron chi connectivity index (χ0n) is 14.0. The Morgan fingerprint density at radius 3 is 2.54 bits per heavy atom. The number of halogens is 1. The van der Waals surface area contributed by atoms with Crippen molar-refractivity contribution in [2.24, 2.45) is 0 Å². The van der Waals surface area contributed by atoms with E-state index in [0.29, 0.717) is 12.2 Å². The van der Waals surface area contributed by atoms with Crippen LogP contribution >= 0.6 is 11.6 Å². The van der Waals surface area contributed by atoms with Crippen molar-refractivity contribution in [3.05, 3.63) is 40.6 Å². The zero-order valence-corrected chi connectivity index (χ0v) is 14.8. The largest absolute Gasteiger partial charge is 0.488 e. The zero-order chi connectivity index (χ0) is 18.7. The normalized spacial score (nSPS) is 15.6. The van der Waals surface area contributed by atoms with Crippen LogP contribution in [-0.2, 0) is 29.0 Å². The van der Waals surface area contributed by atoms with Gasteiger partial charge in [0.05, 0.1) is 17.1 Å². The van der Waals surface area contributed by atoms with Gasteiger partial charge in [-0.3, -0.25) is 0 Å². The van der Waals surface area contributed by atoms with Crippen LogP contribution in [0.3, 0.4) is 0 Å². The first-order valence-electron chi connectivity index (χ1n) is 8.29. The molecule has 0 saturated carbocycles. The molecule has 7 nitrogen and oxygen atoms in total. The minimum absolute atomic E-state index is 0.558. The minimum Gasteiger partial charge on any atom is -0.488 e. The summed E-state index contributed by atoms with van der Waals surface area (Å²) >= 11 is 6.25. The number of aromatic nitrogens is 1. The van der Waals surface area contributed by atoms with E-state index >= 15 is 0 Å². The molecule has 4 rings (SSSR count). The molecule has 2 aliphatic heterocycles. The highest BCUT2D eigenvalue weighted by molar-refractivity contribution is 6.33. The van der Waals surface area contributed by atoms with Gasteiger partial charge in [-0.15, -0.1) is 0 Å². The predicted octanol–water partition coefficient (Wildman–Crippen LogP) is 2.09. The van der Waals surface area contributed by atoms with Crippen LogP contribution in [0.4, 0.5) is 0 Å². The third kappa shape index (κ3) is 3.68. The number of nitrogens with one attached hydrogen (secondary N) is 1. The second kappa shape index (κ2) is 7.80. The Kier molecular flexibility index (Phi) is 5.49. The summed E-state index contributed by atoms with van der Waals surface area (Å²) in [5.41, 5.74) is 4.17. The number of benzene rings is 1. The van der Waals surface area contributed by atoms with Crippen molar-refractivity contribution in [3.63, 3.8) is 0 Å². The van der Waals surface area contributed by atoms with Gasteiger partial charge in [0.25, 0.3) is 0 Å². The molecule has 0 radical (unpaired) electrons. The van der Waals surface area contributed by atoms with Crippen LogP contribution in [0.2, 0.25) is 5.02 Å². The fourth-order valence-corrected chi connectivity index (χ4v) is 3.59. The van der Waals surface area contributed by atoms with Gasteiger partial charge in [0.2, 0.25) is 0 Å². The molecule has 2 aliphatic rings. The Bertz CT molecular complexity index is 872. The maximum absolute atomic E-state index is 9.55. The van der Waals surface area contributed by atoms with Crippen LogP contribution in [0, 0.1) is 0 Å². The van der Waals surface area contributed by atoms with Gasteiger partial charge >= 0.3 is 11.9 Å². The molecule has 2 aromatic rings. The molecule has 0 amide bonds. The molecule has 0 atom stereocenters. The molecule has 0 fully saturated rings. The van der Waals surface area contributed by atoms with Gasteiger partial charge in [-0.2, -0.15) is 0 Å². The molecular weight excluding hydrogens is 360 g/mol. The van der Waals surface area contributed by atoms with Crippen LogP contribution in [0.5, 0.6) is 5.75 Å². The lowest BCUT2D eigenvalue weighted by Crippen LogP contribution is -2.19. The first kappa shape index (κ1) is 18.3. The summed E-state index contributed by atoms with van der Waals surface area (Å²) in [5.74, 6) is -1.64. The monoisotopic (exact) mass is 378 g/mol. The van der Waals surface area contributed by atoms with Gasteiger partial charge in [0.15, 0.2) is 5.75 Å². The summed E-state index contributed by atoms with van der Waals surface area (Å²) in [6.45, 7) is 3.79. The number of carbonyl (C=O) groups is 2. The van der Waals surface area contributed by atoms with E-state index in [1.54, 1.807) is 0 Å². The van der Waals surface area contributed by atoms with Gasteiger partial charge in [0, 0.05) is 36.2 Å². The Hall–Kier alpha value is -2.51. The van der Waals surface area contributed by atoms with Crippen molar-refractivity contribution in [1.82, 2.24) is 9.88 Å². The van der Waals surface area contributed by atoms with Crippen LogP contribution < -0.4 is 10.1 Å². The lowest BCUT2D eigenvalue weighted by Gasteiger charge is -2.20. The second-order valence-electron chi connectivity index (χ2n) is 5.96. The van der Waals surface area contributed by atoms with Gasteiger partial charge in [-0.25, -0.2) is 9.59 Å². The average Bonchev–Trinajstić information content (AvgIpc) is 2.77. The number of nitrogens with zero attached hydrogens (tertiary/aromatic N) is 1. The van der Waals surface area contributed by atoms with Crippen molar-refractivity contribution in [2.75, 3.05) is 19.7 Å². The highest BCUT2D eigenvalue weighted by Crippen LogP contribution is 2.40. The Balaban J connectivity index is 0.000000211. The second-order valence-corrected chi connectivity index (χ2v) is 6.37. The molecule has 3 N–H and O–H groups in total. The Morgan fingerprint density at radius 1 is 1.15 bits per heavy atom. The Morgan fingerprint density at radius 2 is 1.85 bits per heavy atom. The van der Waals surface area contributed by atoms with Crippen molar-refractivity contribution in [1.29, 1.82) is 0 Å². The van der Waals surface area contributed by atoms with Gasteiger partial charge < -0.3 is 24.8 Å². The number of aliphatic carboxylic acids is 2. The minimum atomic E-state index is -1.26. The van der Waals surface area contributed by atoms with Crippen LogP contribution in [0.1, 0.15) is 11.3 Å². The smallest absolute Gasteiger partial charge is 0.328 e. The van der Waals surface area contributed by atoms with Crippen molar-refractivity contribution in [2.45, 2.75) is 19.4 Å². The summed E-state index contributed by atoms with van der Waals surface area (Å²) in [5, 5.41) is 21.2. The van der Waals surface area contributed by atoms with Gasteiger partial charge in [-0.1, -0.05) is 17.7 Å². The molecule has 0 saturated heterocycles. The molecule has 138 valence electrons. The molecule has 26 heavy (non-hydrogen) atoms. The third-order valence-corrected chi connectivity index (χ3v) is 4.67. The van der Waals surface area contributed by atoms with Gasteiger partial charge in [-0.05, 0) is 24.6 Å². The molecule has 0 aliphatic carbocycles. The van der Waals surface area contributed by atoms with E-state index in [-0.39, 0.29) is 0 Å². The molecule has 1 aromatic heterocycles. The van der Waals surface area contributed by atoms with Crippen molar-refractivity contribution in [3.8, 4) is 5.75 Å². The lowest BCUT2D eigenvalue weighted by molar-refractivity contribution is -0.134. The third-order valence-electron chi connectivity index (χ3n) is 4.37. The van der Waals surface area contributed by atoms with Crippen LogP contribution in [0.25, 0.3) is 10.9 Å². The van der Waals surface area contributed by atoms with Gasteiger partial charge in [0.1, 0.15) is 6.61 Å². The standard InChI is InChI=1S/C14H15ClN2O.C4H4O4/c15-11-2-1-10-9-3-5-16-6-4-12(9)17-7-8-18-14(11)13(10)17;5-3(6)1-2-4(7)8/h1-2,16H,3-8H2;1-2H,(H,5,6)(H,7,8). The predicted molar refractivity (Wildman–Crippen MR) is 97.1 cm³/mol. The summed E-state index contributed by atoms with van der Waals surface area (Å²) in [6.07, 6.45) is 3.31. The number of fused-ring (bicyclic) bond motifs is 3. The molecule has 3 heterocycles. The fraction of sp³-hybridized carbons (Fsp3) is 0.333. The summed E-state index contributed by atoms with van der Waals surface area (Å²) < 4.78 is 8.19. The molecule has 1 aromatic carbocycles. The average molecular weight is 379 g/mol. The maximum atomic E-state index is 9.55. The van der Waals surface area contributed by atoms with Crippen LogP contribution in [0.15, 0.2) is 24.3 Å². The molecule has 0 bridgehead atoms. The van der Waals surface area contributed by atoms with Crippen molar-refractivity contribution >= 4 is 34.4 Å². The highest BCUT2D eigenvalue weighted by Gasteiger charge is 2.25. The number of carboxylic acid groups (broad SMARTS) is 2. The van der Waals surface area contributed by atoms with E-state index in [1.165, 1.54) is 22.2 Å². The summed E-state index contributed by atoms with van der Waals surface area (Å²) in [4.78, 5) is 19.1. The lowest BCUT2D eigenvalue weighted by atomic mass is 10.1. The number of rotatable bonds is 2. The van der Waals surface area contributed by atoms with E-state index in [4.69, 9.17) is 26.6 Å². The quantitative estimate of drug-likeness (QED) is 0.692. The maximum Gasteiger partial charge on any atom is 0.328 e. The SMILES string of the molecule is Clc1ccc2c3c(n4c2c1OCC4)CCNCC3.O=C(O)C=CC(=O)O. The first-order valence-corrected chi connectivity index (χ1v) is 8.66. The number of hydrogen-bond acceptors (Lipinski definition) is 4. The van der Waals surface area contributed by atoms with E-state index < -0.39 is 11.9 Å². The van der Waals surface area contributed by atoms with E-state index in [0.717, 1.165) is 49.9 Å². The highest BCUT2D eigenvalue weighted by atomic mass is 35.5. The number of hydrogen-bond donors (Lipinski definition) is 3. The number of ether oxygens (including phenoxy) is 1. The van der Waals surface area contributed by atoms with E-state index in [9.17, 15) is 9.59 Å². The first-order chi connectivity index (χ1) is 12.5. The molecule has 8 heteroatoms. The number of carboxylic acids is 2. The van der Waals surface area contributed by atoms with Crippen molar-refractivity contribution < 1.29 is 24.5 Å². The molecule has 0 unspecified atom stereocenters. The van der Waals surface area contributed by atoms with E-state index in [2.05, 4.69) is 16.0 Å². The summed E-state index contributed by atoms with van der Waals surface area (Å²) in [7, 11) is 0. The fourth-order valence-electron chi connectivity index (χ4n) is 3.39. The van der Waals surface area contributed by atoms with Crippen LogP contribution in [-0.4, -0.2) is 46.4 Å². The molecular formula is C18H19ClN2O5. The van der Waals surface area contributed by atoms with E-state index in [1.807, 2.05) is 6.07 Å². The molecule has 0 spiro atoms. The summed E-state index contributed by atoms with van der Waals surface area (Å²) in [6, 6.07) is 4.12.